The Kier molecular flexibility index (Phi) is 40.4. The summed E-state index contributed by atoms with van der Waals surface area (Å²) in [7, 11) is 0. The first kappa shape index (κ1) is 108. The molecule has 0 saturated carbocycles. The van der Waals surface area contributed by atoms with Crippen molar-refractivity contribution in [3.63, 3.8) is 0 Å². The Morgan fingerprint density at radius 1 is 0.222 bits per heavy atom. The highest BCUT2D eigenvalue weighted by molar-refractivity contribution is 6.07. The summed E-state index contributed by atoms with van der Waals surface area (Å²) in [5.41, 5.74) is 47.4. The number of aromatic nitrogens is 8. The van der Waals surface area contributed by atoms with Gasteiger partial charge < -0.3 is 38.9 Å². The molecule has 18 rings (SSSR count). The maximum Gasteiger partial charge on any atom is 0.119 e. The SMILES string of the molecule is CCCCCCC1=C(C)c2nc1cc1[nH]c(c(C)c1CCCCCC)c1c3nc(cc4[nH]c(c(C)c4CCCCCC)c2-c2cccc(c2)OCCCCCCOc2cccc(c2)-c2c4nc(cc5[nH]c(c(C)c5CCCCCC)c(c5nc(cc6[nH]c2c(C)c6CCCCCC)C(CCCCCC)=C5C)-c2cccc(c2)OCCCCCCOc2cccc-1c2)C(CCCCCC)=C4C)C(CCCCCC)=C3C. The number of allylic oxidation sites excluding steroid dienone is 8. The van der Waals surface area contributed by atoms with Gasteiger partial charge in [-0.2, -0.15) is 0 Å². The minimum atomic E-state index is 0.608. The van der Waals surface area contributed by atoms with E-state index in [4.69, 9.17) is 38.9 Å². The smallest absolute Gasteiger partial charge is 0.119 e. The highest BCUT2D eigenvalue weighted by atomic mass is 16.5. The first-order chi connectivity index (χ1) is 70.5. The summed E-state index contributed by atoms with van der Waals surface area (Å²) in [4.78, 5) is 41.6. The number of aryl methyl sites for hydroxylation is 8. The molecule has 10 aromatic rings. The van der Waals surface area contributed by atoms with E-state index < -0.39 is 0 Å². The number of aromatic amines is 4. The molecule has 8 aliphatic rings. The number of benzene rings is 4. The van der Waals surface area contributed by atoms with Crippen molar-refractivity contribution in [2.24, 2.45) is 0 Å². The van der Waals surface area contributed by atoms with E-state index in [0.717, 1.165) is 311 Å². The number of hydrogen-bond acceptors (Lipinski definition) is 8. The molecule has 4 N–H and O–H groups in total. The van der Waals surface area contributed by atoms with E-state index in [-0.39, 0.29) is 0 Å². The Hall–Kier alpha value is -10.7. The van der Waals surface area contributed by atoms with Crippen LogP contribution in [0.5, 0.6) is 23.0 Å². The Labute approximate surface area is 866 Å². The number of hydrogen-bond donors (Lipinski definition) is 4. The van der Waals surface area contributed by atoms with Crippen molar-refractivity contribution < 1.29 is 18.9 Å². The number of nitrogens with zero attached hydrogens (tertiary/aromatic N) is 4. The zero-order valence-electron chi connectivity index (χ0n) is 91.7. The van der Waals surface area contributed by atoms with Crippen LogP contribution in [-0.4, -0.2) is 66.3 Å². The summed E-state index contributed by atoms with van der Waals surface area (Å²) < 4.78 is 28.0. The molecule has 0 aliphatic carbocycles. The number of rotatable bonds is 40. The lowest BCUT2D eigenvalue weighted by molar-refractivity contribution is 0.287. The fourth-order valence-corrected chi connectivity index (χ4v) is 23.4. The van der Waals surface area contributed by atoms with Crippen LogP contribution in [0.2, 0.25) is 0 Å². The predicted octanol–water partition coefficient (Wildman–Crippen LogP) is 39.3. The largest absolute Gasteiger partial charge is 0.494 e. The average molecular weight is 1940 g/mol. The van der Waals surface area contributed by atoms with E-state index in [0.29, 0.717) is 26.4 Å². The van der Waals surface area contributed by atoms with Crippen molar-refractivity contribution in [1.82, 2.24) is 39.9 Å². The van der Waals surface area contributed by atoms with Crippen molar-refractivity contribution in [1.29, 1.82) is 0 Å². The molecular formula is C132H176N8O4. The van der Waals surface area contributed by atoms with Crippen molar-refractivity contribution in [2.75, 3.05) is 26.4 Å². The fraction of sp³-hybridized carbons (Fsp3) is 0.515. The van der Waals surface area contributed by atoms with E-state index >= 15 is 0 Å². The zero-order valence-corrected chi connectivity index (χ0v) is 91.7. The van der Waals surface area contributed by atoms with Gasteiger partial charge in [0.05, 0.1) is 94.0 Å². The minimum Gasteiger partial charge on any atom is -0.494 e. The molecule has 12 heteroatoms. The van der Waals surface area contributed by atoms with Gasteiger partial charge in [0.1, 0.15) is 23.0 Å². The first-order valence-corrected chi connectivity index (χ1v) is 57.8. The van der Waals surface area contributed by atoms with E-state index in [1.807, 2.05) is 0 Å². The van der Waals surface area contributed by atoms with Crippen LogP contribution in [0, 0.1) is 27.7 Å². The zero-order chi connectivity index (χ0) is 101. The van der Waals surface area contributed by atoms with Gasteiger partial charge in [-0.3, -0.25) is 0 Å². The van der Waals surface area contributed by atoms with Crippen LogP contribution >= 0.6 is 0 Å². The number of nitrogens with one attached hydrogen (secondary N) is 4. The molecule has 144 heavy (non-hydrogen) atoms. The third kappa shape index (κ3) is 26.3. The lowest BCUT2D eigenvalue weighted by atomic mass is 9.93. The molecule has 0 amide bonds. The van der Waals surface area contributed by atoms with Crippen molar-refractivity contribution >= 4 is 88.7 Å². The van der Waals surface area contributed by atoms with Gasteiger partial charge in [0.15, 0.2) is 0 Å². The molecule has 0 spiro atoms. The molecule has 0 saturated heterocycles. The lowest BCUT2D eigenvalue weighted by Gasteiger charge is -2.12. The van der Waals surface area contributed by atoms with E-state index in [1.165, 1.54) is 243 Å². The normalized spacial score (nSPS) is 14.2. The van der Waals surface area contributed by atoms with Gasteiger partial charge in [-0.25, -0.2) is 19.9 Å². The van der Waals surface area contributed by atoms with E-state index in [2.05, 4.69) is 252 Å². The third-order valence-electron chi connectivity index (χ3n) is 32.0. The minimum absolute atomic E-state index is 0.608. The second-order valence-corrected chi connectivity index (χ2v) is 42.8. The molecule has 6 aromatic heterocycles. The van der Waals surface area contributed by atoms with E-state index in [1.54, 1.807) is 0 Å². The number of ether oxygens (including phenoxy) is 4. The Morgan fingerprint density at radius 3 is 0.611 bits per heavy atom. The Morgan fingerprint density at radius 2 is 0.417 bits per heavy atom. The van der Waals surface area contributed by atoms with Gasteiger partial charge in [0.2, 0.25) is 0 Å². The quantitative estimate of drug-likeness (QED) is 0.0277. The van der Waals surface area contributed by atoms with Gasteiger partial charge in [0, 0.05) is 44.3 Å². The predicted molar refractivity (Wildman–Crippen MR) is 618 cm³/mol. The summed E-state index contributed by atoms with van der Waals surface area (Å²) in [6, 6.07) is 45.9. The van der Waals surface area contributed by atoms with Crippen molar-refractivity contribution in [3.05, 3.63) is 211 Å². The summed E-state index contributed by atoms with van der Waals surface area (Å²) >= 11 is 0. The second kappa shape index (κ2) is 54.1. The molecule has 28 bridgehead atoms. The maximum absolute atomic E-state index is 7.01. The standard InChI is InChI=1S/C132H176N8O4/c1-17-25-33-45-69-105-89(9)125-121-97-61-57-65-101(81-97)141-77-53-41-42-54-79-143-103-67-59-63-99(83-103)123-129-93(13)109(73-49-37-29-21-5)117(137-129)87-119-111(75-51-39-31-23-7)95(15)131(139-119)124(132-96(16)112(76-52-40-32-24-8)120(140-132)88-118-110(74-50-38-30-22-6)94(14)130(123)138-118)100-64-60-68-104(84-100)144-80-56-44-43-55-78-142-102-66-58-62-98(82-102)122(127-90(10)106(70-46-34-26-18-2)114(134-127)85-113(105)133-125)128-92(12)108(72-48-36-28-20-4)116(136-128)86-115-107(71-47-35-27-19-3)91(11)126(121)135-115/h57-68,81-88,133,136-137,140H,17-56,69-80H2,1-16H3. The Bertz CT molecular complexity index is 5740. The third-order valence-corrected chi connectivity index (χ3v) is 32.0. The number of H-pyrrole nitrogens is 4. The van der Waals surface area contributed by atoms with Crippen LogP contribution in [0.25, 0.3) is 133 Å². The monoisotopic (exact) mass is 1940 g/mol. The molecule has 8 aliphatic heterocycles. The van der Waals surface area contributed by atoms with Gasteiger partial charge in [0.25, 0.3) is 0 Å². The Balaban J connectivity index is 0.888. The fourth-order valence-electron chi connectivity index (χ4n) is 23.4. The molecule has 0 fully saturated rings. The topological polar surface area (TPSA) is 152 Å². The van der Waals surface area contributed by atoms with E-state index in [9.17, 15) is 0 Å². The summed E-state index contributed by atoms with van der Waals surface area (Å²) in [5.74, 6) is 3.50. The summed E-state index contributed by atoms with van der Waals surface area (Å²) in [6.45, 7) is 40.1. The lowest BCUT2D eigenvalue weighted by Crippen LogP contribution is -2.00. The van der Waals surface area contributed by atoms with Crippen LogP contribution < -0.4 is 18.9 Å². The van der Waals surface area contributed by atoms with Crippen LogP contribution in [0.15, 0.2) is 121 Å². The van der Waals surface area contributed by atoms with Crippen LogP contribution in [0.4, 0.5) is 0 Å². The van der Waals surface area contributed by atoms with Crippen LogP contribution in [0.3, 0.4) is 0 Å². The molecule has 0 unspecified atom stereocenters. The molecule has 12 nitrogen and oxygen atoms in total. The van der Waals surface area contributed by atoms with Gasteiger partial charge in [-0.15, -0.1) is 0 Å². The van der Waals surface area contributed by atoms with Gasteiger partial charge in [-0.05, 0) is 394 Å². The highest BCUT2D eigenvalue weighted by Crippen LogP contribution is 2.50. The average Bonchev–Trinajstić information content (AvgIpc) is 1.59. The molecule has 768 valence electrons. The molecule has 0 radical (unpaired) electrons. The van der Waals surface area contributed by atoms with Crippen LogP contribution in [-0.2, 0) is 25.7 Å². The highest BCUT2D eigenvalue weighted by Gasteiger charge is 2.32. The summed E-state index contributed by atoms with van der Waals surface area (Å²) in [6.07, 6.45) is 52.7. The molecule has 4 aromatic carbocycles. The molecular weight excluding hydrogens is 1760 g/mol. The maximum atomic E-state index is 7.01. The summed E-state index contributed by atoms with van der Waals surface area (Å²) in [5, 5.41) is 0. The molecule has 0 atom stereocenters. The van der Waals surface area contributed by atoms with Crippen molar-refractivity contribution in [3.8, 4) is 67.5 Å². The first-order valence-electron chi connectivity index (χ1n) is 57.8. The second-order valence-electron chi connectivity index (χ2n) is 42.8. The van der Waals surface area contributed by atoms with Crippen molar-refractivity contribution in [2.45, 2.75) is 419 Å². The van der Waals surface area contributed by atoms with Gasteiger partial charge in [-0.1, -0.05) is 258 Å². The van der Waals surface area contributed by atoms with Gasteiger partial charge >= 0.3 is 0 Å². The molecule has 14 heterocycles. The number of unbranched alkanes of at least 4 members (excludes halogenated alkanes) is 24. The van der Waals surface area contributed by atoms with Crippen LogP contribution in [0.1, 0.15) is 456 Å².